The summed E-state index contributed by atoms with van der Waals surface area (Å²) in [7, 11) is 0. The van der Waals surface area contributed by atoms with Gasteiger partial charge >= 0.3 is 6.09 Å². The number of halogens is 2. The highest BCUT2D eigenvalue weighted by molar-refractivity contribution is 14.1. The molecule has 0 spiro atoms. The molecule has 0 aliphatic heterocycles. The van der Waals surface area contributed by atoms with Crippen LogP contribution in [0.15, 0.2) is 42.7 Å². The molecular weight excluding hydrogens is 467 g/mol. The molecule has 0 bridgehead atoms. The van der Waals surface area contributed by atoms with Crippen LogP contribution in [-0.4, -0.2) is 21.2 Å². The molecule has 2 aromatic heterocycles. The molecule has 3 aromatic rings. The summed E-state index contributed by atoms with van der Waals surface area (Å²) in [4.78, 5) is 16.4. The van der Waals surface area contributed by atoms with Gasteiger partial charge in [0.05, 0.1) is 9.09 Å². The fourth-order valence-corrected chi connectivity index (χ4v) is 3.45. The van der Waals surface area contributed by atoms with Crippen LogP contribution in [0.3, 0.4) is 0 Å². The lowest BCUT2D eigenvalue weighted by molar-refractivity contribution is 0.0544. The second-order valence-corrected chi connectivity index (χ2v) is 8.24. The van der Waals surface area contributed by atoms with E-state index in [0.717, 1.165) is 20.0 Å². The van der Waals surface area contributed by atoms with Crippen molar-refractivity contribution in [1.82, 2.24) is 9.55 Å². The summed E-state index contributed by atoms with van der Waals surface area (Å²) in [5, 5.41) is 1.25. The van der Waals surface area contributed by atoms with Crippen molar-refractivity contribution in [3.8, 4) is 5.75 Å². The second kappa shape index (κ2) is 7.44. The summed E-state index contributed by atoms with van der Waals surface area (Å²) in [6.45, 7) is 5.84. The van der Waals surface area contributed by atoms with E-state index in [1.54, 1.807) is 12.4 Å². The molecule has 3 rings (SSSR count). The molecule has 0 aliphatic carbocycles. The van der Waals surface area contributed by atoms with E-state index in [-0.39, 0.29) is 0 Å². The maximum Gasteiger partial charge on any atom is 0.418 e. The summed E-state index contributed by atoms with van der Waals surface area (Å²) in [5.41, 5.74) is 1.16. The van der Waals surface area contributed by atoms with E-state index >= 15 is 0 Å². The topological polar surface area (TPSA) is 53.4 Å². The highest BCUT2D eigenvalue weighted by Crippen LogP contribution is 2.29. The van der Waals surface area contributed by atoms with Crippen molar-refractivity contribution >= 4 is 51.2 Å². The van der Waals surface area contributed by atoms with Gasteiger partial charge in [-0.1, -0.05) is 23.7 Å². The molecule has 1 aromatic carbocycles. The van der Waals surface area contributed by atoms with Crippen LogP contribution in [-0.2, 0) is 11.3 Å². The Kier molecular flexibility index (Phi) is 5.43. The van der Waals surface area contributed by atoms with Gasteiger partial charge in [0.25, 0.3) is 0 Å². The van der Waals surface area contributed by atoms with Crippen molar-refractivity contribution in [3.05, 3.63) is 57.0 Å². The molecule has 0 amide bonds. The number of benzene rings is 1. The molecular formula is C19H18ClIN2O3. The number of aromatic nitrogens is 2. The van der Waals surface area contributed by atoms with Crippen LogP contribution in [0.1, 0.15) is 26.3 Å². The first kappa shape index (κ1) is 19.0. The van der Waals surface area contributed by atoms with Crippen LogP contribution in [0, 0.1) is 3.57 Å². The molecule has 5 nitrogen and oxygen atoms in total. The third kappa shape index (κ3) is 4.12. The average molecular weight is 485 g/mol. The smallest absolute Gasteiger partial charge is 0.418 e. The minimum absolute atomic E-state index is 0.317. The summed E-state index contributed by atoms with van der Waals surface area (Å²) < 4.78 is 13.7. The Balaban J connectivity index is 1.88. The van der Waals surface area contributed by atoms with Crippen LogP contribution in [0.5, 0.6) is 5.75 Å². The molecule has 26 heavy (non-hydrogen) atoms. The first-order valence-electron chi connectivity index (χ1n) is 8.01. The van der Waals surface area contributed by atoms with Crippen molar-refractivity contribution in [1.29, 1.82) is 0 Å². The lowest BCUT2D eigenvalue weighted by atomic mass is 10.1. The number of rotatable bonds is 3. The molecule has 136 valence electrons. The normalized spacial score (nSPS) is 11.6. The highest BCUT2D eigenvalue weighted by atomic mass is 127. The van der Waals surface area contributed by atoms with E-state index in [9.17, 15) is 4.79 Å². The van der Waals surface area contributed by atoms with Gasteiger partial charge in [0, 0.05) is 17.8 Å². The second-order valence-electron chi connectivity index (χ2n) is 6.72. The summed E-state index contributed by atoms with van der Waals surface area (Å²) in [6.07, 6.45) is 2.94. The van der Waals surface area contributed by atoms with Gasteiger partial charge in [-0.15, -0.1) is 0 Å². The average Bonchev–Trinajstić information content (AvgIpc) is 2.97. The van der Waals surface area contributed by atoms with E-state index in [1.165, 1.54) is 4.57 Å². The van der Waals surface area contributed by atoms with Crippen molar-refractivity contribution in [3.63, 3.8) is 0 Å². The monoisotopic (exact) mass is 484 g/mol. The standard InChI is InChI=1S/C19H18ClIN2O3/c1-19(2,3)26-18(24)23-10-8-13-12(5-4-6-15(13)23)11-25-16-14(21)7-9-22-17(16)20/h4-10H,11H2,1-3H3. The van der Waals surface area contributed by atoms with Gasteiger partial charge in [-0.05, 0) is 67.1 Å². The van der Waals surface area contributed by atoms with Crippen molar-refractivity contribution in [2.75, 3.05) is 0 Å². The number of fused-ring (bicyclic) bond motifs is 1. The van der Waals surface area contributed by atoms with E-state index in [4.69, 9.17) is 21.1 Å². The van der Waals surface area contributed by atoms with E-state index in [0.29, 0.717) is 17.5 Å². The predicted octanol–water partition coefficient (Wildman–Crippen LogP) is 5.66. The van der Waals surface area contributed by atoms with Gasteiger partial charge in [-0.2, -0.15) is 0 Å². The number of carbonyl (C=O) groups excluding carboxylic acids is 1. The molecule has 0 atom stereocenters. The van der Waals surface area contributed by atoms with Crippen LogP contribution in [0.25, 0.3) is 10.9 Å². The van der Waals surface area contributed by atoms with Crippen LogP contribution >= 0.6 is 34.2 Å². The third-order valence-electron chi connectivity index (χ3n) is 3.60. The highest BCUT2D eigenvalue weighted by Gasteiger charge is 2.19. The van der Waals surface area contributed by atoms with E-state index < -0.39 is 11.7 Å². The summed E-state index contributed by atoms with van der Waals surface area (Å²) >= 11 is 8.27. The Morgan fingerprint density at radius 3 is 2.73 bits per heavy atom. The number of ether oxygens (including phenoxy) is 2. The largest absolute Gasteiger partial charge is 0.485 e. The molecule has 2 heterocycles. The summed E-state index contributed by atoms with van der Waals surface area (Å²) in [6, 6.07) is 9.44. The minimum atomic E-state index is -0.553. The zero-order valence-corrected chi connectivity index (χ0v) is 17.5. The quantitative estimate of drug-likeness (QED) is 0.356. The van der Waals surface area contributed by atoms with E-state index in [2.05, 4.69) is 27.6 Å². The van der Waals surface area contributed by atoms with E-state index in [1.807, 2.05) is 51.1 Å². The molecule has 0 saturated heterocycles. The predicted molar refractivity (Wildman–Crippen MR) is 110 cm³/mol. The molecule has 0 unspecified atom stereocenters. The van der Waals surface area contributed by atoms with Gasteiger partial charge in [0.1, 0.15) is 12.2 Å². The van der Waals surface area contributed by atoms with Crippen LogP contribution in [0.2, 0.25) is 5.15 Å². The van der Waals surface area contributed by atoms with Gasteiger partial charge in [-0.3, -0.25) is 4.57 Å². The van der Waals surface area contributed by atoms with Crippen molar-refractivity contribution < 1.29 is 14.3 Å². The summed E-state index contributed by atoms with van der Waals surface area (Å²) in [5.74, 6) is 0.554. The van der Waals surface area contributed by atoms with Crippen LogP contribution < -0.4 is 4.74 Å². The van der Waals surface area contributed by atoms with Gasteiger partial charge in [0.2, 0.25) is 0 Å². The number of pyridine rings is 1. The van der Waals surface area contributed by atoms with Gasteiger partial charge < -0.3 is 9.47 Å². The Bertz CT molecular complexity index is 943. The first-order chi connectivity index (χ1) is 12.3. The molecule has 0 aliphatic rings. The third-order valence-corrected chi connectivity index (χ3v) is 4.72. The first-order valence-corrected chi connectivity index (χ1v) is 9.47. The fraction of sp³-hybridized carbons (Fsp3) is 0.263. The molecule has 7 heteroatoms. The van der Waals surface area contributed by atoms with Gasteiger partial charge in [-0.25, -0.2) is 9.78 Å². The molecule has 0 radical (unpaired) electrons. The zero-order chi connectivity index (χ0) is 18.9. The Morgan fingerprint density at radius 1 is 1.27 bits per heavy atom. The molecule has 0 fully saturated rings. The van der Waals surface area contributed by atoms with Crippen molar-refractivity contribution in [2.24, 2.45) is 0 Å². The minimum Gasteiger partial charge on any atom is -0.485 e. The Labute approximate surface area is 170 Å². The maximum atomic E-state index is 12.4. The van der Waals surface area contributed by atoms with Crippen LogP contribution in [0.4, 0.5) is 4.79 Å². The van der Waals surface area contributed by atoms with Gasteiger partial charge in [0.15, 0.2) is 10.9 Å². The number of carbonyl (C=O) groups is 1. The Hall–Kier alpha value is -1.80. The molecule has 0 saturated carbocycles. The lowest BCUT2D eigenvalue weighted by Gasteiger charge is -2.19. The number of hydrogen-bond donors (Lipinski definition) is 0. The molecule has 0 N–H and O–H groups in total. The van der Waals surface area contributed by atoms with Crippen molar-refractivity contribution in [2.45, 2.75) is 33.0 Å². The zero-order valence-electron chi connectivity index (χ0n) is 14.6. The maximum absolute atomic E-state index is 12.4. The Morgan fingerprint density at radius 2 is 2.04 bits per heavy atom. The SMILES string of the molecule is CC(C)(C)OC(=O)n1ccc2c(COc3c(I)ccnc3Cl)cccc21. The fourth-order valence-electron chi connectivity index (χ4n) is 2.51. The lowest BCUT2D eigenvalue weighted by Crippen LogP contribution is -2.26. The number of hydrogen-bond acceptors (Lipinski definition) is 4. The number of nitrogens with zero attached hydrogens (tertiary/aromatic N) is 2.